The van der Waals surface area contributed by atoms with Gasteiger partial charge in [-0.15, -0.1) is 26.3 Å². The predicted octanol–water partition coefficient (Wildman–Crippen LogP) is 5.55. The summed E-state index contributed by atoms with van der Waals surface area (Å²) in [7, 11) is 0. The summed E-state index contributed by atoms with van der Waals surface area (Å²) < 4.78 is 84.6. The first-order chi connectivity index (χ1) is 15.6. The quantitative estimate of drug-likeness (QED) is 0.498. The zero-order valence-corrected chi connectivity index (χ0v) is 16.4. The molecule has 0 unspecified atom stereocenters. The second-order valence-electron chi connectivity index (χ2n) is 6.62. The Kier molecular flexibility index (Phi) is 5.66. The summed E-state index contributed by atoms with van der Waals surface area (Å²) in [6.07, 6.45) is -3.31. The number of anilines is 1. The van der Waals surface area contributed by atoms with Crippen LogP contribution in [0.25, 0.3) is 11.4 Å². The molecule has 0 bridgehead atoms. The van der Waals surface area contributed by atoms with Gasteiger partial charge < -0.3 is 9.47 Å². The van der Waals surface area contributed by atoms with Crippen molar-refractivity contribution in [2.24, 2.45) is 0 Å². The van der Waals surface area contributed by atoms with Gasteiger partial charge in [0, 0.05) is 18.3 Å². The minimum absolute atomic E-state index is 0.307. The third kappa shape index (κ3) is 5.59. The van der Waals surface area contributed by atoms with Gasteiger partial charge in [-0.1, -0.05) is 12.1 Å². The van der Waals surface area contributed by atoms with E-state index in [2.05, 4.69) is 20.0 Å². The first kappa shape index (κ1) is 22.1. The molecule has 12 heteroatoms. The number of allylic oxidation sites excluding steroid dienone is 2. The number of ether oxygens (including phenoxy) is 2. The predicted molar refractivity (Wildman–Crippen MR) is 106 cm³/mol. The zero-order chi connectivity index (χ0) is 23.6. The molecule has 2 heterocycles. The van der Waals surface area contributed by atoms with Crippen molar-refractivity contribution in [1.29, 1.82) is 0 Å². The van der Waals surface area contributed by atoms with Crippen LogP contribution in [0.2, 0.25) is 0 Å². The van der Waals surface area contributed by atoms with Gasteiger partial charge in [-0.25, -0.2) is 4.68 Å². The standard InChI is InChI=1S/C21H14F6N4O2/c22-20(23,24)32-16-6-1-4-14(12-16)30-11-3-8-18(29-30)19-9-10-28-31(19)15-5-2-7-17(13-15)33-21(25,26)27/h1-13,29H. The van der Waals surface area contributed by atoms with Gasteiger partial charge in [0.15, 0.2) is 0 Å². The Bertz CT molecular complexity index is 1200. The van der Waals surface area contributed by atoms with Crippen molar-refractivity contribution in [2.75, 3.05) is 5.01 Å². The lowest BCUT2D eigenvalue weighted by molar-refractivity contribution is -0.275. The topological polar surface area (TPSA) is 51.5 Å². The number of rotatable bonds is 5. The molecule has 6 nitrogen and oxygen atoms in total. The van der Waals surface area contributed by atoms with Gasteiger partial charge in [-0.2, -0.15) is 5.10 Å². The molecule has 0 amide bonds. The lowest BCUT2D eigenvalue weighted by Crippen LogP contribution is -2.34. The third-order valence-corrected chi connectivity index (χ3v) is 4.28. The van der Waals surface area contributed by atoms with Gasteiger partial charge in [0.2, 0.25) is 0 Å². The Labute approximate surface area is 182 Å². The van der Waals surface area contributed by atoms with Crippen LogP contribution in [0.15, 0.2) is 79.1 Å². The largest absolute Gasteiger partial charge is 0.573 e. The number of hydrazine groups is 1. The molecule has 0 fully saturated rings. The van der Waals surface area contributed by atoms with Gasteiger partial charge in [0.1, 0.15) is 11.5 Å². The SMILES string of the molecule is FC(F)(F)Oc1cccc(N2C=CC=C(c3ccnn3-c3cccc(OC(F)(F)F)c3)N2)c1. The van der Waals surface area contributed by atoms with E-state index in [1.807, 2.05) is 0 Å². The minimum atomic E-state index is -4.84. The summed E-state index contributed by atoms with van der Waals surface area (Å²) in [4.78, 5) is 0. The molecule has 0 saturated carbocycles. The molecule has 1 N–H and O–H groups in total. The fraction of sp³-hybridized carbons (Fsp3) is 0.0952. The van der Waals surface area contributed by atoms with Crippen molar-refractivity contribution in [3.8, 4) is 17.2 Å². The summed E-state index contributed by atoms with van der Waals surface area (Å²) in [5.41, 5.74) is 4.65. The molecule has 172 valence electrons. The van der Waals surface area contributed by atoms with Gasteiger partial charge in [0.05, 0.1) is 29.0 Å². The fourth-order valence-electron chi connectivity index (χ4n) is 3.08. The number of benzene rings is 2. The maximum Gasteiger partial charge on any atom is 0.573 e. The van der Waals surface area contributed by atoms with Gasteiger partial charge in [-0.3, -0.25) is 10.4 Å². The molecule has 1 aliphatic rings. The van der Waals surface area contributed by atoms with Crippen LogP contribution in [0.1, 0.15) is 5.69 Å². The minimum Gasteiger partial charge on any atom is -0.406 e. The highest BCUT2D eigenvalue weighted by Gasteiger charge is 2.32. The highest BCUT2D eigenvalue weighted by atomic mass is 19.4. The average molecular weight is 468 g/mol. The molecule has 0 atom stereocenters. The average Bonchev–Trinajstić information content (AvgIpc) is 3.22. The van der Waals surface area contributed by atoms with E-state index in [-0.39, 0.29) is 0 Å². The summed E-state index contributed by atoms with van der Waals surface area (Å²) in [5, 5.41) is 5.62. The van der Waals surface area contributed by atoms with Crippen molar-refractivity contribution in [2.45, 2.75) is 12.7 Å². The monoisotopic (exact) mass is 468 g/mol. The van der Waals surface area contributed by atoms with E-state index in [0.717, 1.165) is 0 Å². The number of halogens is 6. The van der Waals surface area contributed by atoms with E-state index < -0.39 is 24.2 Å². The third-order valence-electron chi connectivity index (χ3n) is 4.28. The molecule has 4 rings (SSSR count). The molecule has 0 aliphatic carbocycles. The van der Waals surface area contributed by atoms with E-state index in [1.165, 1.54) is 52.3 Å². The van der Waals surface area contributed by atoms with Gasteiger partial charge in [0.25, 0.3) is 0 Å². The van der Waals surface area contributed by atoms with Crippen LogP contribution in [0, 0.1) is 0 Å². The Hall–Kier alpha value is -4.09. The lowest BCUT2D eigenvalue weighted by Gasteiger charge is -2.27. The van der Waals surface area contributed by atoms with E-state index in [4.69, 9.17) is 0 Å². The molecular formula is C21H14F6N4O2. The number of hydrogen-bond acceptors (Lipinski definition) is 5. The number of nitrogens with zero attached hydrogens (tertiary/aromatic N) is 3. The lowest BCUT2D eigenvalue weighted by atomic mass is 10.2. The molecule has 2 aromatic carbocycles. The second-order valence-corrected chi connectivity index (χ2v) is 6.62. The normalized spacial score (nSPS) is 14.0. The Balaban J connectivity index is 1.58. The van der Waals surface area contributed by atoms with E-state index in [9.17, 15) is 26.3 Å². The molecule has 0 spiro atoms. The van der Waals surface area contributed by atoms with Crippen molar-refractivity contribution < 1.29 is 35.8 Å². The smallest absolute Gasteiger partial charge is 0.406 e. The van der Waals surface area contributed by atoms with Crippen LogP contribution in [0.5, 0.6) is 11.5 Å². The maximum atomic E-state index is 12.6. The first-order valence-electron chi connectivity index (χ1n) is 9.28. The Morgan fingerprint density at radius 2 is 1.39 bits per heavy atom. The van der Waals surface area contributed by atoms with Crippen molar-refractivity contribution in [1.82, 2.24) is 15.2 Å². The maximum absolute atomic E-state index is 12.6. The molecule has 0 radical (unpaired) electrons. The molecule has 1 aliphatic heterocycles. The first-order valence-corrected chi connectivity index (χ1v) is 9.28. The Morgan fingerprint density at radius 3 is 2.03 bits per heavy atom. The van der Waals surface area contributed by atoms with Crippen LogP contribution < -0.4 is 19.9 Å². The number of nitrogens with one attached hydrogen (secondary N) is 1. The molecule has 33 heavy (non-hydrogen) atoms. The van der Waals surface area contributed by atoms with E-state index >= 15 is 0 Å². The fourth-order valence-corrected chi connectivity index (χ4v) is 3.08. The molecule has 1 aromatic heterocycles. The molecule has 3 aromatic rings. The number of hydrogen-bond donors (Lipinski definition) is 1. The van der Waals surface area contributed by atoms with Crippen LogP contribution in [-0.4, -0.2) is 22.5 Å². The van der Waals surface area contributed by atoms with Crippen LogP contribution in [0.4, 0.5) is 32.0 Å². The van der Waals surface area contributed by atoms with Gasteiger partial charge >= 0.3 is 12.7 Å². The Morgan fingerprint density at radius 1 is 0.788 bits per heavy atom. The summed E-state index contributed by atoms with van der Waals surface area (Å²) in [6, 6.07) is 12.3. The highest BCUT2D eigenvalue weighted by molar-refractivity contribution is 5.69. The number of alkyl halides is 6. The van der Waals surface area contributed by atoms with E-state index in [1.54, 1.807) is 36.6 Å². The van der Waals surface area contributed by atoms with Crippen LogP contribution >= 0.6 is 0 Å². The van der Waals surface area contributed by atoms with Crippen molar-refractivity contribution in [3.63, 3.8) is 0 Å². The number of aromatic nitrogens is 2. The van der Waals surface area contributed by atoms with Gasteiger partial charge in [-0.05, 0) is 42.5 Å². The molecule has 0 saturated heterocycles. The van der Waals surface area contributed by atoms with Crippen LogP contribution in [0.3, 0.4) is 0 Å². The zero-order valence-electron chi connectivity index (χ0n) is 16.4. The summed E-state index contributed by atoms with van der Waals surface area (Å²) >= 11 is 0. The van der Waals surface area contributed by atoms with Crippen molar-refractivity contribution in [3.05, 3.63) is 84.8 Å². The van der Waals surface area contributed by atoms with Crippen molar-refractivity contribution >= 4 is 11.4 Å². The van der Waals surface area contributed by atoms with E-state index in [0.29, 0.717) is 22.8 Å². The summed E-state index contributed by atoms with van der Waals surface area (Å²) in [6.45, 7) is 0. The highest BCUT2D eigenvalue weighted by Crippen LogP contribution is 2.29. The van der Waals surface area contributed by atoms with Crippen LogP contribution in [-0.2, 0) is 0 Å². The summed E-state index contributed by atoms with van der Waals surface area (Å²) in [5.74, 6) is -0.798. The second kappa shape index (κ2) is 8.45. The molecular weight excluding hydrogens is 454 g/mol.